The number of hydrogen-bond acceptors (Lipinski definition) is 7. The summed E-state index contributed by atoms with van der Waals surface area (Å²) >= 11 is 0. The van der Waals surface area contributed by atoms with E-state index in [-0.39, 0.29) is 11.9 Å². The molecule has 0 aliphatic carbocycles. The maximum Gasteiger partial charge on any atom is 0.260 e. The molecule has 0 unspecified atom stereocenters. The fourth-order valence-electron chi connectivity index (χ4n) is 4.91. The second kappa shape index (κ2) is 10.7. The number of nitrogens with zero attached hydrogens (tertiary/aromatic N) is 4. The molecule has 0 saturated carbocycles. The Balaban J connectivity index is 1.33. The van der Waals surface area contributed by atoms with Crippen LogP contribution in [-0.2, 0) is 4.74 Å². The van der Waals surface area contributed by atoms with Gasteiger partial charge < -0.3 is 28.9 Å². The molecule has 1 amide bonds. The fraction of sp³-hybridized carbons (Fsp3) is 0.429. The van der Waals surface area contributed by atoms with E-state index in [0.29, 0.717) is 36.0 Å². The van der Waals surface area contributed by atoms with Gasteiger partial charge in [-0.2, -0.15) is 0 Å². The van der Waals surface area contributed by atoms with Crippen molar-refractivity contribution in [2.45, 2.75) is 18.9 Å². The summed E-state index contributed by atoms with van der Waals surface area (Å²) in [5, 5.41) is 0. The standard InChI is InChI=1S/C28H34N4O4/c1-30-9-11-31(12-10-30)22-7-5-20(6-8-22)21-15-23-18-29-25-17-27(36-14-4-13-34-2)26(35-3)16-24(25)28(33)32(23)19-21/h5-8,16-19,23H,4,9-15H2,1-3H3/t23-/m0/s1. The third-order valence-electron chi connectivity index (χ3n) is 7.07. The van der Waals surface area contributed by atoms with Gasteiger partial charge in [0.15, 0.2) is 11.5 Å². The molecule has 0 bridgehead atoms. The molecule has 0 radical (unpaired) electrons. The first kappa shape index (κ1) is 24.3. The number of methoxy groups -OCH3 is 2. The summed E-state index contributed by atoms with van der Waals surface area (Å²) in [4.78, 5) is 24.8. The van der Waals surface area contributed by atoms with Crippen molar-refractivity contribution in [2.24, 2.45) is 4.99 Å². The van der Waals surface area contributed by atoms with Gasteiger partial charge in [-0.05, 0) is 36.4 Å². The van der Waals surface area contributed by atoms with Gasteiger partial charge in [0.2, 0.25) is 0 Å². The lowest BCUT2D eigenvalue weighted by Gasteiger charge is -2.34. The summed E-state index contributed by atoms with van der Waals surface area (Å²) in [5.74, 6) is 1.02. The Hall–Kier alpha value is -3.36. The molecule has 5 rings (SSSR count). The van der Waals surface area contributed by atoms with Crippen molar-refractivity contribution in [3.8, 4) is 11.5 Å². The lowest BCUT2D eigenvalue weighted by atomic mass is 10.0. The Labute approximate surface area is 212 Å². The number of rotatable bonds is 8. The van der Waals surface area contributed by atoms with Gasteiger partial charge >= 0.3 is 0 Å². The second-order valence-electron chi connectivity index (χ2n) is 9.47. The zero-order valence-corrected chi connectivity index (χ0v) is 21.3. The van der Waals surface area contributed by atoms with Crippen LogP contribution < -0.4 is 14.4 Å². The van der Waals surface area contributed by atoms with Gasteiger partial charge in [0.1, 0.15) is 0 Å². The van der Waals surface area contributed by atoms with Crippen LogP contribution in [0.4, 0.5) is 11.4 Å². The van der Waals surface area contributed by atoms with E-state index in [4.69, 9.17) is 14.2 Å². The number of aliphatic imine (C=N–C) groups is 1. The minimum absolute atomic E-state index is 0.0826. The summed E-state index contributed by atoms with van der Waals surface area (Å²) in [6.45, 7) is 5.37. The summed E-state index contributed by atoms with van der Waals surface area (Å²) in [7, 11) is 5.41. The van der Waals surface area contributed by atoms with Crippen LogP contribution in [0.3, 0.4) is 0 Å². The van der Waals surface area contributed by atoms with Crippen LogP contribution in [0.2, 0.25) is 0 Å². The van der Waals surface area contributed by atoms with E-state index in [2.05, 4.69) is 46.1 Å². The number of piperazine rings is 1. The van der Waals surface area contributed by atoms with Crippen molar-refractivity contribution in [3.05, 3.63) is 53.7 Å². The molecular formula is C28H34N4O4. The normalized spacial score (nSPS) is 19.6. The van der Waals surface area contributed by atoms with Crippen molar-refractivity contribution in [2.75, 3.05) is 65.6 Å². The largest absolute Gasteiger partial charge is 0.493 e. The SMILES string of the molecule is COCCCOc1cc2c(cc1OC)C(=O)N1C=C(c3ccc(N4CCN(C)CC4)cc3)C[C@H]1C=N2. The molecule has 2 aromatic rings. The van der Waals surface area contributed by atoms with Crippen molar-refractivity contribution in [1.82, 2.24) is 9.80 Å². The number of carbonyl (C=O) groups is 1. The van der Waals surface area contributed by atoms with E-state index >= 15 is 0 Å². The Morgan fingerprint density at radius 2 is 1.78 bits per heavy atom. The van der Waals surface area contributed by atoms with Gasteiger partial charge in [-0.1, -0.05) is 12.1 Å². The van der Waals surface area contributed by atoms with Crippen LogP contribution in [0.1, 0.15) is 28.8 Å². The Kier molecular flexibility index (Phi) is 7.25. The van der Waals surface area contributed by atoms with Gasteiger partial charge in [-0.15, -0.1) is 0 Å². The highest BCUT2D eigenvalue weighted by Gasteiger charge is 2.33. The molecule has 0 N–H and O–H groups in total. The van der Waals surface area contributed by atoms with Crippen molar-refractivity contribution < 1.29 is 19.0 Å². The second-order valence-corrected chi connectivity index (χ2v) is 9.47. The maximum absolute atomic E-state index is 13.5. The first-order valence-corrected chi connectivity index (χ1v) is 12.5. The molecular weight excluding hydrogens is 456 g/mol. The molecule has 2 aromatic carbocycles. The van der Waals surface area contributed by atoms with Crippen molar-refractivity contribution in [1.29, 1.82) is 0 Å². The minimum atomic E-state index is -0.116. The van der Waals surface area contributed by atoms with Crippen LogP contribution in [0.25, 0.3) is 5.57 Å². The molecule has 0 aromatic heterocycles. The third kappa shape index (κ3) is 4.96. The van der Waals surface area contributed by atoms with Crippen LogP contribution in [0.5, 0.6) is 11.5 Å². The number of fused-ring (bicyclic) bond motifs is 2. The number of carbonyl (C=O) groups excluding carboxylic acids is 1. The first-order valence-electron chi connectivity index (χ1n) is 12.5. The van der Waals surface area contributed by atoms with E-state index in [0.717, 1.165) is 50.2 Å². The smallest absolute Gasteiger partial charge is 0.260 e. The molecule has 1 saturated heterocycles. The molecule has 3 heterocycles. The van der Waals surface area contributed by atoms with Crippen LogP contribution >= 0.6 is 0 Å². The van der Waals surface area contributed by atoms with Crippen molar-refractivity contribution >= 4 is 29.1 Å². The average molecular weight is 491 g/mol. The first-order chi connectivity index (χ1) is 17.6. The summed E-state index contributed by atoms with van der Waals surface area (Å²) in [6.07, 6.45) is 5.33. The van der Waals surface area contributed by atoms with E-state index in [1.165, 1.54) is 5.69 Å². The number of hydrogen-bond donors (Lipinski definition) is 0. The van der Waals surface area contributed by atoms with E-state index in [1.54, 1.807) is 31.3 Å². The number of likely N-dealkylation sites (N-methyl/N-ethyl adjacent to an activating group) is 1. The van der Waals surface area contributed by atoms with E-state index < -0.39 is 0 Å². The number of amides is 1. The molecule has 8 heteroatoms. The van der Waals surface area contributed by atoms with Crippen LogP contribution in [0, 0.1) is 0 Å². The quantitative estimate of drug-likeness (QED) is 0.524. The molecule has 0 spiro atoms. The highest BCUT2D eigenvalue weighted by Crippen LogP contribution is 2.40. The predicted octanol–water partition coefficient (Wildman–Crippen LogP) is 3.83. The van der Waals surface area contributed by atoms with E-state index in [1.807, 2.05) is 12.4 Å². The molecule has 1 atom stereocenters. The lowest BCUT2D eigenvalue weighted by Crippen LogP contribution is -2.44. The molecule has 3 aliphatic rings. The zero-order valence-electron chi connectivity index (χ0n) is 21.3. The van der Waals surface area contributed by atoms with Gasteiger partial charge in [0.25, 0.3) is 5.91 Å². The molecule has 190 valence electrons. The van der Waals surface area contributed by atoms with Crippen molar-refractivity contribution in [3.63, 3.8) is 0 Å². The predicted molar refractivity (Wildman–Crippen MR) is 142 cm³/mol. The highest BCUT2D eigenvalue weighted by atomic mass is 16.5. The number of ether oxygens (including phenoxy) is 3. The van der Waals surface area contributed by atoms with Crippen LogP contribution in [0.15, 0.2) is 47.6 Å². The Morgan fingerprint density at radius 1 is 1.00 bits per heavy atom. The summed E-state index contributed by atoms with van der Waals surface area (Å²) < 4.78 is 16.5. The minimum Gasteiger partial charge on any atom is -0.493 e. The molecule has 1 fully saturated rings. The average Bonchev–Trinajstić information content (AvgIpc) is 3.29. The van der Waals surface area contributed by atoms with Gasteiger partial charge in [0, 0.05) is 76.9 Å². The Bertz CT molecular complexity index is 1150. The fourth-order valence-corrected chi connectivity index (χ4v) is 4.91. The zero-order chi connectivity index (χ0) is 25.1. The number of anilines is 1. The Morgan fingerprint density at radius 3 is 2.50 bits per heavy atom. The third-order valence-corrected chi connectivity index (χ3v) is 7.07. The monoisotopic (exact) mass is 490 g/mol. The molecule has 3 aliphatic heterocycles. The van der Waals surface area contributed by atoms with Crippen LogP contribution in [-0.4, -0.2) is 88.6 Å². The number of benzene rings is 2. The summed E-state index contributed by atoms with van der Waals surface area (Å²) in [6, 6.07) is 12.1. The highest BCUT2D eigenvalue weighted by molar-refractivity contribution is 6.05. The molecule has 36 heavy (non-hydrogen) atoms. The topological polar surface area (TPSA) is 66.8 Å². The molecule has 8 nitrogen and oxygen atoms in total. The van der Waals surface area contributed by atoms with E-state index in [9.17, 15) is 4.79 Å². The lowest BCUT2D eigenvalue weighted by molar-refractivity contribution is 0.0817. The van der Waals surface area contributed by atoms with Gasteiger partial charge in [-0.3, -0.25) is 9.79 Å². The maximum atomic E-state index is 13.5. The van der Waals surface area contributed by atoms with Gasteiger partial charge in [0.05, 0.1) is 31.0 Å². The van der Waals surface area contributed by atoms with Gasteiger partial charge in [-0.25, -0.2) is 0 Å². The summed E-state index contributed by atoms with van der Waals surface area (Å²) in [5.41, 5.74) is 4.64.